The summed E-state index contributed by atoms with van der Waals surface area (Å²) in [5.41, 5.74) is 3.33. The fraction of sp³-hybridized carbons (Fsp3) is 0.531. The predicted molar refractivity (Wildman–Crippen MR) is 166 cm³/mol. The van der Waals surface area contributed by atoms with E-state index in [1.54, 1.807) is 12.4 Å². The number of Topliss-reactive ketones (excluding diaryl/α,β-unsaturated/α-hetero) is 1. The lowest BCUT2D eigenvalue weighted by molar-refractivity contribution is -0.193. The molecule has 1 aromatic carbocycles. The first kappa shape index (κ1) is 39.8. The van der Waals surface area contributed by atoms with E-state index in [9.17, 15) is 35.9 Å². The zero-order valence-electron chi connectivity index (χ0n) is 27.1. The van der Waals surface area contributed by atoms with Crippen LogP contribution in [0.1, 0.15) is 76.6 Å². The molecule has 2 aromatic heterocycles. The summed E-state index contributed by atoms with van der Waals surface area (Å²) in [6.07, 6.45) is 2.71. The number of aromatic amines is 1. The number of benzene rings is 1. The van der Waals surface area contributed by atoms with Crippen molar-refractivity contribution in [1.29, 1.82) is 0 Å². The summed E-state index contributed by atoms with van der Waals surface area (Å²) >= 11 is 0. The number of rotatable bonds is 11. The van der Waals surface area contributed by atoms with E-state index in [1.807, 2.05) is 31.3 Å². The molecular formula is C32H38F6N6O6. The molecule has 2 bridgehead atoms. The van der Waals surface area contributed by atoms with Crippen LogP contribution in [0.4, 0.5) is 26.3 Å². The number of piperidine rings is 3. The largest absolute Gasteiger partial charge is 0.490 e. The van der Waals surface area contributed by atoms with E-state index in [2.05, 4.69) is 25.2 Å². The zero-order valence-corrected chi connectivity index (χ0v) is 27.1. The molecule has 3 aliphatic rings. The number of imidazole rings is 1. The van der Waals surface area contributed by atoms with Crippen LogP contribution in [0, 0.1) is 5.41 Å². The van der Waals surface area contributed by atoms with Gasteiger partial charge in [-0.05, 0) is 63.9 Å². The predicted octanol–water partition coefficient (Wildman–Crippen LogP) is 5.86. The van der Waals surface area contributed by atoms with Crippen LogP contribution in [0.3, 0.4) is 0 Å². The number of carbonyl (C=O) groups is 4. The number of hydrogen-bond acceptors (Lipinski definition) is 8. The maximum Gasteiger partial charge on any atom is 0.490 e. The van der Waals surface area contributed by atoms with E-state index in [-0.39, 0.29) is 17.4 Å². The average Bonchev–Trinajstić information content (AvgIpc) is 3.58. The minimum atomic E-state index is -5.08. The van der Waals surface area contributed by atoms with Crippen LogP contribution < -0.4 is 5.32 Å². The highest BCUT2D eigenvalue weighted by Gasteiger charge is 2.45. The number of ketones is 1. The van der Waals surface area contributed by atoms with Crippen molar-refractivity contribution in [3.63, 3.8) is 0 Å². The zero-order chi connectivity index (χ0) is 37.1. The van der Waals surface area contributed by atoms with E-state index >= 15 is 0 Å². The van der Waals surface area contributed by atoms with E-state index in [0.717, 1.165) is 92.7 Å². The van der Waals surface area contributed by atoms with Gasteiger partial charge in [0.2, 0.25) is 5.91 Å². The first-order valence-electron chi connectivity index (χ1n) is 15.9. The number of aliphatic carboxylic acids is 2. The van der Waals surface area contributed by atoms with Gasteiger partial charge in [0.15, 0.2) is 0 Å². The molecule has 1 amide bonds. The second-order valence-corrected chi connectivity index (χ2v) is 11.9. The third-order valence-electron chi connectivity index (χ3n) is 8.54. The molecule has 18 heteroatoms. The lowest BCUT2D eigenvalue weighted by Crippen LogP contribution is -2.55. The Morgan fingerprint density at radius 1 is 0.880 bits per heavy atom. The van der Waals surface area contributed by atoms with Gasteiger partial charge in [0.1, 0.15) is 11.6 Å². The number of halogens is 6. The number of fused-ring (bicyclic) bond motifs is 4. The number of unbranched alkanes of at least 4 members (excludes halogenated alkanes) is 2. The van der Waals surface area contributed by atoms with Crippen molar-refractivity contribution >= 4 is 34.7 Å². The number of H-pyrrole nitrogens is 1. The Morgan fingerprint density at radius 3 is 1.98 bits per heavy atom. The minimum Gasteiger partial charge on any atom is -0.475 e. The summed E-state index contributed by atoms with van der Waals surface area (Å²) in [7, 11) is 0. The normalized spacial score (nSPS) is 19.0. The summed E-state index contributed by atoms with van der Waals surface area (Å²) in [5.74, 6) is -4.24. The summed E-state index contributed by atoms with van der Waals surface area (Å²) in [6.45, 7) is 4.96. The summed E-state index contributed by atoms with van der Waals surface area (Å²) in [4.78, 5) is 62.4. The van der Waals surface area contributed by atoms with Gasteiger partial charge in [0.05, 0.1) is 34.4 Å². The monoisotopic (exact) mass is 716 g/mol. The maximum absolute atomic E-state index is 13.6. The van der Waals surface area contributed by atoms with Crippen LogP contribution in [0.15, 0.2) is 36.8 Å². The summed E-state index contributed by atoms with van der Waals surface area (Å²) in [5, 5.41) is 17.6. The van der Waals surface area contributed by atoms with Gasteiger partial charge < -0.3 is 25.4 Å². The van der Waals surface area contributed by atoms with E-state index in [4.69, 9.17) is 24.8 Å². The van der Waals surface area contributed by atoms with E-state index in [0.29, 0.717) is 18.6 Å². The molecule has 6 rings (SSSR count). The van der Waals surface area contributed by atoms with Crippen LogP contribution in [-0.2, 0) is 19.2 Å². The van der Waals surface area contributed by atoms with Crippen LogP contribution in [0.25, 0.3) is 22.3 Å². The maximum atomic E-state index is 13.6. The van der Waals surface area contributed by atoms with Crippen LogP contribution in [0.5, 0.6) is 0 Å². The molecular weight excluding hydrogens is 678 g/mol. The Labute approximate surface area is 282 Å². The van der Waals surface area contributed by atoms with Crippen molar-refractivity contribution in [2.45, 2.75) is 83.1 Å². The molecule has 3 aliphatic heterocycles. The fourth-order valence-electron chi connectivity index (χ4n) is 5.57. The summed E-state index contributed by atoms with van der Waals surface area (Å²) < 4.78 is 63.5. The fourth-order valence-corrected chi connectivity index (χ4v) is 5.57. The third-order valence-corrected chi connectivity index (χ3v) is 8.54. The molecule has 1 atom stereocenters. The first-order valence-corrected chi connectivity index (χ1v) is 15.9. The number of carboxylic acids is 2. The van der Waals surface area contributed by atoms with Gasteiger partial charge in [-0.25, -0.2) is 14.6 Å². The standard InChI is InChI=1S/C28H36N6O2.2C2HF3O2/c1-2-21(35)6-4-3-5-7-23(33-27(36)28-10-15-34(16-11-28)17-12-28)26-31-19-25(32-26)20-8-9-22-24(18-20)30-14-13-29-22;2*3-2(4,5)1(6)7/h8-9,13-14,18-19,23H,2-7,10-12,15-17H2,1H3,(H,31,32)(H,33,36);2*(H,6,7)/t23-;;/m0../s1. The lowest BCUT2D eigenvalue weighted by Gasteiger charge is -2.47. The van der Waals surface area contributed by atoms with Crippen LogP contribution >= 0.6 is 0 Å². The van der Waals surface area contributed by atoms with E-state index in [1.165, 1.54) is 0 Å². The van der Waals surface area contributed by atoms with Gasteiger partial charge in [-0.2, -0.15) is 26.3 Å². The highest BCUT2D eigenvalue weighted by atomic mass is 19.4. The molecule has 12 nitrogen and oxygen atoms in total. The van der Waals surface area contributed by atoms with Gasteiger partial charge in [-0.15, -0.1) is 0 Å². The number of carboxylic acid groups (broad SMARTS) is 2. The van der Waals surface area contributed by atoms with Gasteiger partial charge in [-0.1, -0.05) is 25.8 Å². The van der Waals surface area contributed by atoms with Crippen molar-refractivity contribution in [3.05, 3.63) is 42.6 Å². The minimum absolute atomic E-state index is 0.173. The number of hydrogen-bond donors (Lipinski definition) is 4. The van der Waals surface area contributed by atoms with Gasteiger partial charge in [0, 0.05) is 30.8 Å². The van der Waals surface area contributed by atoms with Crippen LogP contribution in [-0.4, -0.2) is 90.7 Å². The third kappa shape index (κ3) is 11.5. The molecule has 3 fully saturated rings. The molecule has 3 saturated heterocycles. The van der Waals surface area contributed by atoms with Crippen molar-refractivity contribution in [3.8, 4) is 11.3 Å². The average molecular weight is 717 g/mol. The number of carbonyl (C=O) groups excluding carboxylic acids is 2. The topological polar surface area (TPSA) is 178 Å². The van der Waals surface area contributed by atoms with Gasteiger partial charge in [0.25, 0.3) is 0 Å². The number of aromatic nitrogens is 4. The number of alkyl halides is 6. The highest BCUT2D eigenvalue weighted by molar-refractivity contribution is 5.83. The Bertz CT molecular complexity index is 1580. The molecule has 0 unspecified atom stereocenters. The second kappa shape index (κ2) is 17.4. The molecule has 5 heterocycles. The highest BCUT2D eigenvalue weighted by Crippen LogP contribution is 2.41. The number of amides is 1. The Morgan fingerprint density at radius 2 is 1.44 bits per heavy atom. The molecule has 4 N–H and O–H groups in total. The quantitative estimate of drug-likeness (QED) is 0.139. The van der Waals surface area contributed by atoms with Crippen molar-refractivity contribution in [1.82, 2.24) is 30.2 Å². The molecule has 0 aliphatic carbocycles. The lowest BCUT2D eigenvalue weighted by atomic mass is 9.71. The summed E-state index contributed by atoms with van der Waals surface area (Å²) in [6, 6.07) is 5.81. The molecule has 274 valence electrons. The smallest absolute Gasteiger partial charge is 0.475 e. The molecule has 3 aromatic rings. The van der Waals surface area contributed by atoms with Crippen LogP contribution in [0.2, 0.25) is 0 Å². The molecule has 0 spiro atoms. The van der Waals surface area contributed by atoms with Crippen molar-refractivity contribution < 1.29 is 55.7 Å². The van der Waals surface area contributed by atoms with Crippen molar-refractivity contribution in [2.24, 2.45) is 5.41 Å². The van der Waals surface area contributed by atoms with E-state index < -0.39 is 24.3 Å². The molecule has 50 heavy (non-hydrogen) atoms. The SMILES string of the molecule is CCC(=O)CCCCC[C@H](NC(=O)C12CCN(CC1)CC2)c1ncc(-c2ccc3nccnc3c2)[nH]1.O=C(O)C(F)(F)F.O=C(O)C(F)(F)F. The van der Waals surface area contributed by atoms with Gasteiger partial charge in [-0.3, -0.25) is 19.6 Å². The number of nitrogens with one attached hydrogen (secondary N) is 2. The molecule has 0 radical (unpaired) electrons. The Balaban J connectivity index is 0.000000408. The van der Waals surface area contributed by atoms with Gasteiger partial charge >= 0.3 is 24.3 Å². The first-order chi connectivity index (χ1) is 23.4. The Hall–Kier alpha value is -4.61. The number of nitrogens with zero attached hydrogens (tertiary/aromatic N) is 4. The molecule has 0 saturated carbocycles. The second-order valence-electron chi connectivity index (χ2n) is 11.9. The van der Waals surface area contributed by atoms with Crippen molar-refractivity contribution in [2.75, 3.05) is 19.6 Å². The Kier molecular flexibility index (Phi) is 13.8.